The molecule has 15 heavy (non-hydrogen) atoms. The average Bonchev–Trinajstić information content (AvgIpc) is 2.30. The minimum Gasteiger partial charge on any atom is -0.394 e. The Morgan fingerprint density at radius 1 is 0.933 bits per heavy atom. The molecule has 0 rings (SSSR count). The van der Waals surface area contributed by atoms with E-state index in [9.17, 15) is 0 Å². The molecule has 0 aliphatic heterocycles. The summed E-state index contributed by atoms with van der Waals surface area (Å²) in [6.45, 7) is 11.9. The van der Waals surface area contributed by atoms with Crippen LogP contribution in [0, 0.1) is 0 Å². The number of hydrogen-bond donors (Lipinski definition) is 2. The van der Waals surface area contributed by atoms with E-state index < -0.39 is 0 Å². The fourth-order valence-electron chi connectivity index (χ4n) is 0.235. The summed E-state index contributed by atoms with van der Waals surface area (Å²) in [6, 6.07) is 0. The summed E-state index contributed by atoms with van der Waals surface area (Å²) < 4.78 is 4.90. The fourth-order valence-corrected chi connectivity index (χ4v) is 0.235. The summed E-state index contributed by atoms with van der Waals surface area (Å²) in [5.74, 6) is 0. The Morgan fingerprint density at radius 2 is 1.27 bits per heavy atom. The predicted octanol–water partition coefficient (Wildman–Crippen LogP) is 1.93. The van der Waals surface area contributed by atoms with E-state index in [1.165, 1.54) is 0 Å². The molecule has 0 aromatic carbocycles. The van der Waals surface area contributed by atoms with Crippen molar-refractivity contribution in [2.24, 2.45) is 0 Å². The van der Waals surface area contributed by atoms with Gasteiger partial charge in [0.05, 0.1) is 26.4 Å². The molecule has 0 fully saturated rings. The first kappa shape index (κ1) is 19.6. The Morgan fingerprint density at radius 3 is 1.40 bits per heavy atom. The highest BCUT2D eigenvalue weighted by Crippen LogP contribution is 1.72. The van der Waals surface area contributed by atoms with Crippen molar-refractivity contribution >= 4 is 0 Å². The van der Waals surface area contributed by atoms with Gasteiger partial charge in [0.25, 0.3) is 0 Å². The van der Waals surface area contributed by atoms with Crippen LogP contribution in [0.15, 0.2) is 37.5 Å². The standard InChI is InChI=1S/C6H10O.C4H8.C2H6O2/c1-3-5-7-6-4-2;1-3-4-2;3-1-2-4/h3-4H,1-2,5-6H2;3-4H,1-2H3;3-4H,1-2H2/b;4-3+;. The van der Waals surface area contributed by atoms with Crippen molar-refractivity contribution in [3.05, 3.63) is 37.5 Å². The van der Waals surface area contributed by atoms with Crippen LogP contribution in [0.1, 0.15) is 13.8 Å². The Kier molecular flexibility index (Phi) is 38.3. The lowest BCUT2D eigenvalue weighted by molar-refractivity contribution is 0.186. The topological polar surface area (TPSA) is 49.7 Å². The van der Waals surface area contributed by atoms with Gasteiger partial charge in [-0.3, -0.25) is 0 Å². The first-order valence-electron chi connectivity index (χ1n) is 4.83. The van der Waals surface area contributed by atoms with E-state index >= 15 is 0 Å². The highest BCUT2D eigenvalue weighted by Gasteiger charge is 1.70. The zero-order valence-electron chi connectivity index (χ0n) is 9.85. The van der Waals surface area contributed by atoms with Crippen LogP contribution in [0.3, 0.4) is 0 Å². The fraction of sp³-hybridized carbons (Fsp3) is 0.500. The lowest BCUT2D eigenvalue weighted by Gasteiger charge is -1.89. The van der Waals surface area contributed by atoms with Gasteiger partial charge in [-0.2, -0.15) is 0 Å². The van der Waals surface area contributed by atoms with Crippen molar-refractivity contribution in [2.45, 2.75) is 13.8 Å². The van der Waals surface area contributed by atoms with Gasteiger partial charge in [0, 0.05) is 0 Å². The number of ether oxygens (including phenoxy) is 1. The number of aliphatic hydroxyl groups is 2. The molecule has 0 aliphatic rings. The molecule has 0 aliphatic carbocycles. The van der Waals surface area contributed by atoms with E-state index in [2.05, 4.69) is 13.2 Å². The van der Waals surface area contributed by atoms with Crippen LogP contribution in [-0.4, -0.2) is 36.6 Å². The predicted molar refractivity (Wildman–Crippen MR) is 65.9 cm³/mol. The molecule has 90 valence electrons. The second-order valence-corrected chi connectivity index (χ2v) is 2.23. The second kappa shape index (κ2) is 29.2. The molecular weight excluding hydrogens is 192 g/mol. The van der Waals surface area contributed by atoms with Crippen LogP contribution in [0.25, 0.3) is 0 Å². The van der Waals surface area contributed by atoms with Gasteiger partial charge in [-0.15, -0.1) is 13.2 Å². The minimum atomic E-state index is -0.125. The van der Waals surface area contributed by atoms with E-state index in [1.54, 1.807) is 12.2 Å². The molecule has 0 radical (unpaired) electrons. The largest absolute Gasteiger partial charge is 0.394 e. The average molecular weight is 216 g/mol. The molecular formula is C12H24O3. The van der Waals surface area contributed by atoms with Crippen molar-refractivity contribution < 1.29 is 14.9 Å². The molecule has 0 heterocycles. The van der Waals surface area contributed by atoms with Crippen molar-refractivity contribution in [3.63, 3.8) is 0 Å². The summed E-state index contributed by atoms with van der Waals surface area (Å²) in [7, 11) is 0. The third kappa shape index (κ3) is 62.1. The Bertz CT molecular complexity index is 117. The molecule has 3 nitrogen and oxygen atoms in total. The van der Waals surface area contributed by atoms with Crippen molar-refractivity contribution in [1.29, 1.82) is 0 Å². The van der Waals surface area contributed by atoms with Crippen LogP contribution in [0.5, 0.6) is 0 Å². The molecule has 0 atom stereocenters. The van der Waals surface area contributed by atoms with Crippen LogP contribution in [0.2, 0.25) is 0 Å². The van der Waals surface area contributed by atoms with Crippen LogP contribution >= 0.6 is 0 Å². The number of allylic oxidation sites excluding steroid dienone is 2. The second-order valence-electron chi connectivity index (χ2n) is 2.23. The number of rotatable bonds is 5. The summed E-state index contributed by atoms with van der Waals surface area (Å²) in [5.41, 5.74) is 0. The normalized spacial score (nSPS) is 8.27. The van der Waals surface area contributed by atoms with Crippen LogP contribution in [-0.2, 0) is 4.74 Å². The SMILES string of the molecule is C/C=C/C.C=CCOCC=C.OCCO. The maximum absolute atomic E-state index is 7.62. The summed E-state index contributed by atoms with van der Waals surface area (Å²) in [5, 5.41) is 15.2. The Labute approximate surface area is 93.4 Å². The summed E-state index contributed by atoms with van der Waals surface area (Å²) in [6.07, 6.45) is 7.42. The van der Waals surface area contributed by atoms with Crippen LogP contribution in [0.4, 0.5) is 0 Å². The first-order valence-corrected chi connectivity index (χ1v) is 4.83. The molecule has 2 N–H and O–H groups in total. The van der Waals surface area contributed by atoms with Gasteiger partial charge in [-0.25, -0.2) is 0 Å². The van der Waals surface area contributed by atoms with Gasteiger partial charge in [0.2, 0.25) is 0 Å². The van der Waals surface area contributed by atoms with Gasteiger partial charge in [0.15, 0.2) is 0 Å². The van der Waals surface area contributed by atoms with Gasteiger partial charge >= 0.3 is 0 Å². The van der Waals surface area contributed by atoms with Crippen molar-refractivity contribution in [1.82, 2.24) is 0 Å². The van der Waals surface area contributed by atoms with Crippen molar-refractivity contribution in [2.75, 3.05) is 26.4 Å². The maximum atomic E-state index is 7.62. The van der Waals surface area contributed by atoms with E-state index in [-0.39, 0.29) is 13.2 Å². The third-order valence-electron chi connectivity index (χ3n) is 0.905. The highest BCUT2D eigenvalue weighted by molar-refractivity contribution is 4.68. The number of aliphatic hydroxyl groups excluding tert-OH is 2. The van der Waals surface area contributed by atoms with Crippen LogP contribution < -0.4 is 0 Å². The summed E-state index contributed by atoms with van der Waals surface area (Å²) in [4.78, 5) is 0. The zero-order valence-corrected chi connectivity index (χ0v) is 9.85. The molecule has 0 saturated heterocycles. The van der Waals surface area contributed by atoms with E-state index in [4.69, 9.17) is 14.9 Å². The molecule has 0 saturated carbocycles. The molecule has 0 spiro atoms. The Balaban J connectivity index is -0.000000155. The zero-order chi connectivity index (χ0) is 12.4. The quantitative estimate of drug-likeness (QED) is 0.545. The lowest BCUT2D eigenvalue weighted by Crippen LogP contribution is -1.87. The van der Waals surface area contributed by atoms with Gasteiger partial charge in [-0.1, -0.05) is 24.3 Å². The van der Waals surface area contributed by atoms with Gasteiger partial charge < -0.3 is 14.9 Å². The lowest BCUT2D eigenvalue weighted by atomic mass is 10.6. The highest BCUT2D eigenvalue weighted by atomic mass is 16.5. The van der Waals surface area contributed by atoms with E-state index in [0.717, 1.165) is 0 Å². The molecule has 0 aromatic heterocycles. The first-order chi connectivity index (χ1) is 7.24. The maximum Gasteiger partial charge on any atom is 0.0662 e. The third-order valence-corrected chi connectivity index (χ3v) is 0.905. The minimum absolute atomic E-state index is 0.125. The number of hydrogen-bond acceptors (Lipinski definition) is 3. The smallest absolute Gasteiger partial charge is 0.0662 e. The molecule has 0 aromatic rings. The monoisotopic (exact) mass is 216 g/mol. The van der Waals surface area contributed by atoms with Gasteiger partial charge in [-0.05, 0) is 13.8 Å². The molecule has 3 heteroatoms. The summed E-state index contributed by atoms with van der Waals surface area (Å²) >= 11 is 0. The molecule has 0 amide bonds. The van der Waals surface area contributed by atoms with E-state index in [1.807, 2.05) is 26.0 Å². The molecule has 0 unspecified atom stereocenters. The Hall–Kier alpha value is -0.900. The van der Waals surface area contributed by atoms with Gasteiger partial charge in [0.1, 0.15) is 0 Å². The molecule has 0 bridgehead atoms. The van der Waals surface area contributed by atoms with Crippen molar-refractivity contribution in [3.8, 4) is 0 Å². The van der Waals surface area contributed by atoms with E-state index in [0.29, 0.717) is 13.2 Å².